The van der Waals surface area contributed by atoms with Crippen LogP contribution < -0.4 is 5.56 Å². The molecule has 5 nitrogen and oxygen atoms in total. The number of hydrogen-bond donors (Lipinski definition) is 1. The Morgan fingerprint density at radius 1 is 1.38 bits per heavy atom. The van der Waals surface area contributed by atoms with Crippen LogP contribution in [0.1, 0.15) is 29.6 Å². The molecule has 8 heteroatoms. The summed E-state index contributed by atoms with van der Waals surface area (Å²) in [6.07, 6.45) is 5.12. The van der Waals surface area contributed by atoms with Crippen molar-refractivity contribution < 1.29 is 0 Å². The topological polar surface area (TPSA) is 71.5 Å². The van der Waals surface area contributed by atoms with E-state index >= 15 is 0 Å². The highest BCUT2D eigenvalue weighted by Crippen LogP contribution is 2.40. The average molecular weight is 401 g/mol. The summed E-state index contributed by atoms with van der Waals surface area (Å²) in [5.41, 5.74) is 2.14. The van der Waals surface area contributed by atoms with Gasteiger partial charge in [-0.1, -0.05) is 18.7 Å². The molecule has 1 unspecified atom stereocenters. The minimum absolute atomic E-state index is 0.0599. The predicted molar refractivity (Wildman–Crippen MR) is 108 cm³/mol. The molecule has 5 rings (SSSR count). The Balaban J connectivity index is 1.50. The Morgan fingerprint density at radius 3 is 3.23 bits per heavy atom. The summed E-state index contributed by atoms with van der Waals surface area (Å²) in [5.74, 6) is 2.02. The molecular formula is C18H16N4OS3. The third kappa shape index (κ3) is 2.76. The fraction of sp³-hybridized carbons (Fsp3) is 0.333. The fourth-order valence-corrected chi connectivity index (χ4v) is 6.52. The lowest BCUT2D eigenvalue weighted by molar-refractivity contribution is 0.509. The molecule has 1 aliphatic carbocycles. The molecule has 0 bridgehead atoms. The number of thioether (sulfide) groups is 1. The standard InChI is InChI=1S/C18H16N4OS3/c1-9-2-3-10-12(6-9)26-18-14(10)17(19-8-20-18)25-7-13-21-11-4-5-24-15(11)16(23)22-13/h4-5,8-9H,2-3,6-7H2,1H3,(H,21,22,23). The summed E-state index contributed by atoms with van der Waals surface area (Å²) in [6.45, 7) is 2.32. The molecule has 0 spiro atoms. The van der Waals surface area contributed by atoms with Gasteiger partial charge in [0.2, 0.25) is 0 Å². The number of nitrogens with one attached hydrogen (secondary N) is 1. The average Bonchev–Trinajstić information content (AvgIpc) is 3.23. The second kappa shape index (κ2) is 6.44. The number of aromatic nitrogens is 4. The van der Waals surface area contributed by atoms with Gasteiger partial charge in [-0.25, -0.2) is 15.0 Å². The largest absolute Gasteiger partial charge is 0.309 e. The van der Waals surface area contributed by atoms with Crippen molar-refractivity contribution in [2.24, 2.45) is 5.92 Å². The molecule has 132 valence electrons. The minimum atomic E-state index is -0.0599. The van der Waals surface area contributed by atoms with Crippen molar-refractivity contribution in [1.82, 2.24) is 19.9 Å². The number of aryl methyl sites for hydroxylation is 1. The maximum absolute atomic E-state index is 12.1. The van der Waals surface area contributed by atoms with E-state index in [9.17, 15) is 4.79 Å². The molecule has 0 radical (unpaired) electrons. The van der Waals surface area contributed by atoms with E-state index in [0.717, 1.165) is 34.1 Å². The molecular weight excluding hydrogens is 384 g/mol. The van der Waals surface area contributed by atoms with Gasteiger partial charge in [0.25, 0.3) is 5.56 Å². The van der Waals surface area contributed by atoms with Crippen molar-refractivity contribution in [2.45, 2.75) is 37.0 Å². The molecule has 26 heavy (non-hydrogen) atoms. The Bertz CT molecular complexity index is 1180. The normalized spacial score (nSPS) is 17.0. The van der Waals surface area contributed by atoms with E-state index in [1.165, 1.54) is 33.6 Å². The summed E-state index contributed by atoms with van der Waals surface area (Å²) in [5, 5.41) is 4.11. The Morgan fingerprint density at radius 2 is 2.31 bits per heavy atom. The third-order valence-electron chi connectivity index (χ3n) is 4.77. The van der Waals surface area contributed by atoms with Gasteiger partial charge >= 0.3 is 0 Å². The van der Waals surface area contributed by atoms with Crippen molar-refractivity contribution in [3.63, 3.8) is 0 Å². The van der Waals surface area contributed by atoms with E-state index in [1.807, 2.05) is 22.8 Å². The number of fused-ring (bicyclic) bond motifs is 4. The zero-order valence-corrected chi connectivity index (χ0v) is 16.6. The number of hydrogen-bond acceptors (Lipinski definition) is 7. The number of H-pyrrole nitrogens is 1. The highest BCUT2D eigenvalue weighted by molar-refractivity contribution is 7.98. The maximum atomic E-state index is 12.1. The van der Waals surface area contributed by atoms with Crippen LogP contribution in [0.5, 0.6) is 0 Å². The van der Waals surface area contributed by atoms with E-state index in [4.69, 9.17) is 0 Å². The first kappa shape index (κ1) is 16.4. The van der Waals surface area contributed by atoms with Gasteiger partial charge in [0.15, 0.2) is 0 Å². The van der Waals surface area contributed by atoms with Gasteiger partial charge < -0.3 is 4.98 Å². The van der Waals surface area contributed by atoms with Crippen LogP contribution in [0.25, 0.3) is 20.4 Å². The lowest BCUT2D eigenvalue weighted by atomic mass is 9.89. The van der Waals surface area contributed by atoms with E-state index in [0.29, 0.717) is 16.3 Å². The zero-order chi connectivity index (χ0) is 17.7. The summed E-state index contributed by atoms with van der Waals surface area (Å²) in [7, 11) is 0. The van der Waals surface area contributed by atoms with Crippen LogP contribution in [0.15, 0.2) is 27.6 Å². The summed E-state index contributed by atoms with van der Waals surface area (Å²) in [6, 6.07) is 1.89. The second-order valence-corrected chi connectivity index (χ2v) is 9.61. The van der Waals surface area contributed by atoms with E-state index in [-0.39, 0.29) is 5.56 Å². The van der Waals surface area contributed by atoms with Crippen LogP contribution in [-0.4, -0.2) is 19.9 Å². The highest BCUT2D eigenvalue weighted by Gasteiger charge is 2.23. The van der Waals surface area contributed by atoms with Gasteiger partial charge in [0.05, 0.1) is 11.3 Å². The maximum Gasteiger partial charge on any atom is 0.268 e. The van der Waals surface area contributed by atoms with Crippen LogP contribution in [0, 0.1) is 5.92 Å². The van der Waals surface area contributed by atoms with Crippen molar-refractivity contribution in [3.8, 4) is 0 Å². The molecule has 0 aromatic carbocycles. The van der Waals surface area contributed by atoms with Crippen LogP contribution >= 0.6 is 34.4 Å². The summed E-state index contributed by atoms with van der Waals surface area (Å²) in [4.78, 5) is 31.2. The SMILES string of the molecule is CC1CCc2c(sc3ncnc(SCc4nc5ccsc5c(=O)[nH]4)c23)C1. The van der Waals surface area contributed by atoms with Crippen LogP contribution in [0.4, 0.5) is 0 Å². The van der Waals surface area contributed by atoms with Crippen LogP contribution in [0.2, 0.25) is 0 Å². The van der Waals surface area contributed by atoms with Crippen molar-refractivity contribution in [3.05, 3.63) is 44.4 Å². The molecule has 1 atom stereocenters. The molecule has 0 aliphatic heterocycles. The molecule has 1 aliphatic rings. The summed E-state index contributed by atoms with van der Waals surface area (Å²) < 4.78 is 0.684. The first-order chi connectivity index (χ1) is 12.7. The third-order valence-corrected chi connectivity index (χ3v) is 7.83. The number of rotatable bonds is 3. The second-order valence-electron chi connectivity index (χ2n) is 6.65. The zero-order valence-electron chi connectivity index (χ0n) is 14.1. The van der Waals surface area contributed by atoms with Crippen molar-refractivity contribution >= 4 is 54.9 Å². The first-order valence-corrected chi connectivity index (χ1v) is 11.2. The Kier molecular flexibility index (Phi) is 4.06. The Hall–Kier alpha value is -1.77. The molecule has 0 amide bonds. The van der Waals surface area contributed by atoms with E-state index < -0.39 is 0 Å². The predicted octanol–water partition coefficient (Wildman–Crippen LogP) is 4.41. The number of nitrogens with zero attached hydrogens (tertiary/aromatic N) is 3. The van der Waals surface area contributed by atoms with Crippen LogP contribution in [-0.2, 0) is 18.6 Å². The van der Waals surface area contributed by atoms with E-state index in [1.54, 1.807) is 18.1 Å². The van der Waals surface area contributed by atoms with Gasteiger partial charge in [0, 0.05) is 10.3 Å². The number of thiophene rings is 2. The minimum Gasteiger partial charge on any atom is -0.309 e. The van der Waals surface area contributed by atoms with Crippen molar-refractivity contribution in [2.75, 3.05) is 0 Å². The summed E-state index contributed by atoms with van der Waals surface area (Å²) >= 11 is 4.86. The lowest BCUT2D eigenvalue weighted by Gasteiger charge is -2.18. The highest BCUT2D eigenvalue weighted by atomic mass is 32.2. The molecule has 0 saturated carbocycles. The van der Waals surface area contributed by atoms with Gasteiger partial charge in [-0.3, -0.25) is 4.79 Å². The van der Waals surface area contributed by atoms with Crippen LogP contribution in [0.3, 0.4) is 0 Å². The number of aromatic amines is 1. The molecule has 0 saturated heterocycles. The lowest BCUT2D eigenvalue weighted by Crippen LogP contribution is -2.09. The molecule has 4 aromatic rings. The van der Waals surface area contributed by atoms with Crippen molar-refractivity contribution in [1.29, 1.82) is 0 Å². The fourth-order valence-electron chi connectivity index (χ4n) is 3.48. The molecule has 0 fully saturated rings. The monoisotopic (exact) mass is 400 g/mol. The van der Waals surface area contributed by atoms with E-state index in [2.05, 4.69) is 26.9 Å². The van der Waals surface area contributed by atoms with Gasteiger partial charge in [0.1, 0.15) is 26.7 Å². The smallest absolute Gasteiger partial charge is 0.268 e. The molecule has 4 aromatic heterocycles. The quantitative estimate of drug-likeness (QED) is 0.407. The molecule has 4 heterocycles. The first-order valence-electron chi connectivity index (χ1n) is 8.53. The molecule has 1 N–H and O–H groups in total. The Labute approximate surface area is 161 Å². The van der Waals surface area contributed by atoms with Gasteiger partial charge in [-0.2, -0.15) is 0 Å². The van der Waals surface area contributed by atoms with Gasteiger partial charge in [-0.05, 0) is 42.2 Å². The van der Waals surface area contributed by atoms with Gasteiger partial charge in [-0.15, -0.1) is 22.7 Å².